The number of aromatic nitrogens is 2. The molecule has 0 fully saturated rings. The molecule has 1 aliphatic heterocycles. The molecule has 6 nitrogen and oxygen atoms in total. The standard InChI is InChI=1S/C23H30N4O2S/c1-4-12-25-15-11-18-19(16-25)30-22-20(18)21(28)27(17-9-6-5-7-10-17)23(29)26(22)14-8-13-24(2)3/h5-7,9-10H,4,8,11-16H2,1-3H3. The Morgan fingerprint density at radius 1 is 1.10 bits per heavy atom. The molecule has 1 aromatic carbocycles. The van der Waals surface area contributed by atoms with Crippen molar-refractivity contribution in [1.82, 2.24) is 18.9 Å². The highest BCUT2D eigenvalue weighted by Crippen LogP contribution is 2.33. The number of thiophene rings is 1. The van der Waals surface area contributed by atoms with Gasteiger partial charge in [0, 0.05) is 24.5 Å². The number of hydrogen-bond acceptors (Lipinski definition) is 5. The minimum Gasteiger partial charge on any atom is -0.309 e. The molecule has 30 heavy (non-hydrogen) atoms. The third-order valence-corrected chi connectivity index (χ3v) is 6.98. The van der Waals surface area contributed by atoms with Gasteiger partial charge in [0.15, 0.2) is 0 Å². The second kappa shape index (κ2) is 8.88. The number of rotatable bonds is 7. The first-order valence-electron chi connectivity index (χ1n) is 10.7. The summed E-state index contributed by atoms with van der Waals surface area (Å²) in [4.78, 5) is 33.7. The van der Waals surface area contributed by atoms with Gasteiger partial charge in [0.2, 0.25) is 0 Å². The van der Waals surface area contributed by atoms with Crippen molar-refractivity contribution in [3.8, 4) is 5.69 Å². The third-order valence-electron chi connectivity index (χ3n) is 5.74. The normalized spacial score (nSPS) is 14.5. The lowest BCUT2D eigenvalue weighted by Crippen LogP contribution is -2.39. The number of hydrogen-bond donors (Lipinski definition) is 0. The fourth-order valence-corrected chi connectivity index (χ4v) is 5.71. The van der Waals surface area contributed by atoms with Gasteiger partial charge in [0.05, 0.1) is 11.1 Å². The highest BCUT2D eigenvalue weighted by atomic mass is 32.1. The Balaban J connectivity index is 1.91. The van der Waals surface area contributed by atoms with Crippen molar-refractivity contribution in [1.29, 1.82) is 0 Å². The first-order valence-corrected chi connectivity index (χ1v) is 11.6. The lowest BCUT2D eigenvalue weighted by molar-refractivity contribution is 0.258. The number of aryl methyl sites for hydroxylation is 1. The third kappa shape index (κ3) is 3.89. The summed E-state index contributed by atoms with van der Waals surface area (Å²) in [5.41, 5.74) is 1.38. The van der Waals surface area contributed by atoms with Gasteiger partial charge in [-0.15, -0.1) is 11.3 Å². The van der Waals surface area contributed by atoms with E-state index in [2.05, 4.69) is 16.7 Å². The van der Waals surface area contributed by atoms with Crippen LogP contribution >= 0.6 is 11.3 Å². The van der Waals surface area contributed by atoms with Gasteiger partial charge in [0.25, 0.3) is 5.56 Å². The summed E-state index contributed by atoms with van der Waals surface area (Å²) in [6, 6.07) is 9.31. The molecule has 3 heterocycles. The molecule has 1 aliphatic rings. The van der Waals surface area contributed by atoms with E-state index in [1.807, 2.05) is 49.0 Å². The Bertz CT molecular complexity index is 1140. The highest BCUT2D eigenvalue weighted by Gasteiger charge is 2.26. The second-order valence-electron chi connectivity index (χ2n) is 8.28. The van der Waals surface area contributed by atoms with Crippen molar-refractivity contribution in [3.05, 3.63) is 61.6 Å². The summed E-state index contributed by atoms with van der Waals surface area (Å²) < 4.78 is 3.20. The number of benzene rings is 1. The zero-order valence-electron chi connectivity index (χ0n) is 18.1. The average Bonchev–Trinajstić information content (AvgIpc) is 3.10. The second-order valence-corrected chi connectivity index (χ2v) is 9.36. The Morgan fingerprint density at radius 3 is 2.57 bits per heavy atom. The Hall–Kier alpha value is -2.22. The van der Waals surface area contributed by atoms with Crippen LogP contribution in [0.15, 0.2) is 39.9 Å². The maximum Gasteiger partial charge on any atom is 0.336 e. The van der Waals surface area contributed by atoms with E-state index in [9.17, 15) is 9.59 Å². The number of fused-ring (bicyclic) bond motifs is 3. The van der Waals surface area contributed by atoms with Gasteiger partial charge in [-0.05, 0) is 64.1 Å². The summed E-state index contributed by atoms with van der Waals surface area (Å²) in [6.07, 6.45) is 2.85. The Kier molecular flexibility index (Phi) is 6.22. The van der Waals surface area contributed by atoms with Crippen molar-refractivity contribution in [2.24, 2.45) is 0 Å². The molecule has 2 aromatic heterocycles. The minimum atomic E-state index is -0.235. The summed E-state index contributed by atoms with van der Waals surface area (Å²) in [7, 11) is 4.07. The zero-order chi connectivity index (χ0) is 21.3. The predicted octanol–water partition coefficient (Wildman–Crippen LogP) is 2.93. The smallest absolute Gasteiger partial charge is 0.309 e. The molecular weight excluding hydrogens is 396 g/mol. The molecule has 0 spiro atoms. The van der Waals surface area contributed by atoms with E-state index in [0.717, 1.165) is 61.2 Å². The van der Waals surface area contributed by atoms with Crippen LogP contribution in [0, 0.1) is 0 Å². The predicted molar refractivity (Wildman–Crippen MR) is 124 cm³/mol. The van der Waals surface area contributed by atoms with Crippen LogP contribution in [0.5, 0.6) is 0 Å². The molecule has 160 valence electrons. The van der Waals surface area contributed by atoms with E-state index in [1.54, 1.807) is 11.3 Å². The summed E-state index contributed by atoms with van der Waals surface area (Å²) >= 11 is 1.64. The molecule has 0 radical (unpaired) electrons. The molecule has 7 heteroatoms. The molecular formula is C23H30N4O2S. The number of para-hydroxylation sites is 1. The van der Waals surface area contributed by atoms with Gasteiger partial charge in [-0.25, -0.2) is 9.36 Å². The van der Waals surface area contributed by atoms with E-state index in [4.69, 9.17) is 0 Å². The quantitative estimate of drug-likeness (QED) is 0.583. The van der Waals surface area contributed by atoms with E-state index < -0.39 is 0 Å². The lowest BCUT2D eigenvalue weighted by atomic mass is 10.1. The molecule has 0 atom stereocenters. The molecule has 0 unspecified atom stereocenters. The summed E-state index contributed by atoms with van der Waals surface area (Å²) in [5, 5.41) is 0.749. The van der Waals surface area contributed by atoms with Crippen LogP contribution in [-0.4, -0.2) is 52.7 Å². The molecule has 0 saturated heterocycles. The first kappa shape index (κ1) is 21.0. The Labute approximate surface area is 181 Å². The van der Waals surface area contributed by atoms with E-state index in [0.29, 0.717) is 12.2 Å². The minimum absolute atomic E-state index is 0.175. The van der Waals surface area contributed by atoms with Gasteiger partial charge >= 0.3 is 5.69 Å². The zero-order valence-corrected chi connectivity index (χ0v) is 18.9. The monoisotopic (exact) mass is 426 g/mol. The molecule has 3 aromatic rings. The average molecular weight is 427 g/mol. The molecule has 0 amide bonds. The van der Waals surface area contributed by atoms with Crippen LogP contribution in [0.3, 0.4) is 0 Å². The van der Waals surface area contributed by atoms with Crippen molar-refractivity contribution in [3.63, 3.8) is 0 Å². The molecule has 0 bridgehead atoms. The molecule has 0 aliphatic carbocycles. The maximum absolute atomic E-state index is 13.6. The van der Waals surface area contributed by atoms with Gasteiger partial charge in [-0.2, -0.15) is 0 Å². The number of nitrogens with zero attached hydrogens (tertiary/aromatic N) is 4. The fraction of sp³-hybridized carbons (Fsp3) is 0.478. The van der Waals surface area contributed by atoms with Crippen LogP contribution in [0.4, 0.5) is 0 Å². The topological polar surface area (TPSA) is 50.5 Å². The molecule has 4 rings (SSSR count). The fourth-order valence-electron chi connectivity index (χ4n) is 4.31. The van der Waals surface area contributed by atoms with E-state index in [1.165, 1.54) is 9.44 Å². The highest BCUT2D eigenvalue weighted by molar-refractivity contribution is 7.18. The van der Waals surface area contributed by atoms with E-state index in [-0.39, 0.29) is 11.2 Å². The first-order chi connectivity index (χ1) is 14.5. The summed E-state index contributed by atoms with van der Waals surface area (Å²) in [6.45, 7) is 6.61. The van der Waals surface area contributed by atoms with Crippen LogP contribution in [0.25, 0.3) is 15.9 Å². The summed E-state index contributed by atoms with van der Waals surface area (Å²) in [5.74, 6) is 0. The van der Waals surface area contributed by atoms with Gasteiger partial charge in [-0.1, -0.05) is 25.1 Å². The van der Waals surface area contributed by atoms with Crippen LogP contribution in [0.2, 0.25) is 0 Å². The van der Waals surface area contributed by atoms with Crippen molar-refractivity contribution in [2.45, 2.75) is 39.3 Å². The van der Waals surface area contributed by atoms with Crippen LogP contribution < -0.4 is 11.2 Å². The lowest BCUT2D eigenvalue weighted by Gasteiger charge is -2.26. The largest absolute Gasteiger partial charge is 0.336 e. The molecule has 0 saturated carbocycles. The Morgan fingerprint density at radius 2 is 1.87 bits per heavy atom. The van der Waals surface area contributed by atoms with Gasteiger partial charge in [-0.3, -0.25) is 14.3 Å². The SMILES string of the molecule is CCCN1CCc2c(sc3c2c(=O)n(-c2ccccc2)c(=O)n3CCCN(C)C)C1. The van der Waals surface area contributed by atoms with Crippen molar-refractivity contribution < 1.29 is 0 Å². The van der Waals surface area contributed by atoms with Gasteiger partial charge < -0.3 is 4.90 Å². The van der Waals surface area contributed by atoms with Crippen molar-refractivity contribution >= 4 is 21.6 Å². The van der Waals surface area contributed by atoms with Crippen molar-refractivity contribution in [2.75, 3.05) is 33.7 Å². The van der Waals surface area contributed by atoms with Crippen LogP contribution in [-0.2, 0) is 19.5 Å². The maximum atomic E-state index is 13.6. The van der Waals surface area contributed by atoms with Crippen LogP contribution in [0.1, 0.15) is 30.2 Å². The van der Waals surface area contributed by atoms with Gasteiger partial charge in [0.1, 0.15) is 4.83 Å². The molecule has 0 N–H and O–H groups in total. The van der Waals surface area contributed by atoms with E-state index >= 15 is 0 Å².